The van der Waals surface area contributed by atoms with Crippen molar-refractivity contribution in [1.82, 2.24) is 4.90 Å². The molecule has 0 aliphatic carbocycles. The average Bonchev–Trinajstić information content (AvgIpc) is 3.22. The van der Waals surface area contributed by atoms with Gasteiger partial charge in [-0.05, 0) is 73.0 Å². The number of aldehydes is 1. The van der Waals surface area contributed by atoms with Gasteiger partial charge in [0.2, 0.25) is 0 Å². The third-order valence-corrected chi connectivity index (χ3v) is 5.23. The number of fused-ring (bicyclic) bond motifs is 1. The number of hydrogen-bond donors (Lipinski definition) is 0. The highest BCUT2D eigenvalue weighted by molar-refractivity contribution is 5.87. The first-order valence-electron chi connectivity index (χ1n) is 9.78. The van der Waals surface area contributed by atoms with Crippen molar-refractivity contribution in [3.05, 3.63) is 65.0 Å². The summed E-state index contributed by atoms with van der Waals surface area (Å²) in [6, 6.07) is 12.4. The molecule has 1 saturated heterocycles. The molecule has 2 aromatic carbocycles. The Morgan fingerprint density at radius 1 is 1.11 bits per heavy atom. The van der Waals surface area contributed by atoms with Crippen molar-refractivity contribution in [3.63, 3.8) is 0 Å². The lowest BCUT2D eigenvalue weighted by Gasteiger charge is -2.27. The number of rotatable bonds is 7. The number of nitrogens with zero attached hydrogens (tertiary/aromatic N) is 1. The highest BCUT2D eigenvalue weighted by Crippen LogP contribution is 2.40. The first-order valence-corrected chi connectivity index (χ1v) is 9.78. The lowest BCUT2D eigenvalue weighted by atomic mass is 9.90. The minimum Gasteiger partial charge on any atom is -0.493 e. The van der Waals surface area contributed by atoms with Gasteiger partial charge >= 0.3 is 0 Å². The Morgan fingerprint density at radius 3 is 2.64 bits per heavy atom. The van der Waals surface area contributed by atoms with Crippen molar-refractivity contribution in [2.75, 3.05) is 32.8 Å². The van der Waals surface area contributed by atoms with E-state index in [1.165, 1.54) is 30.5 Å². The zero-order chi connectivity index (χ0) is 19.3. The fraction of sp³-hybridized carbons (Fsp3) is 0.348. The van der Waals surface area contributed by atoms with Crippen molar-refractivity contribution in [1.29, 1.82) is 0 Å². The van der Waals surface area contributed by atoms with Crippen molar-refractivity contribution < 1.29 is 18.7 Å². The Hall–Kier alpha value is -2.66. The topological polar surface area (TPSA) is 38.8 Å². The third-order valence-electron chi connectivity index (χ3n) is 5.23. The summed E-state index contributed by atoms with van der Waals surface area (Å²) < 4.78 is 25.3. The first-order chi connectivity index (χ1) is 13.7. The molecule has 0 N–H and O–H groups in total. The molecule has 0 saturated carbocycles. The molecule has 1 fully saturated rings. The van der Waals surface area contributed by atoms with Gasteiger partial charge in [-0.2, -0.15) is 0 Å². The normalized spacial score (nSPS) is 16.6. The molecule has 2 aliphatic rings. The van der Waals surface area contributed by atoms with Crippen LogP contribution >= 0.6 is 0 Å². The zero-order valence-electron chi connectivity index (χ0n) is 15.8. The second kappa shape index (κ2) is 8.57. The van der Waals surface area contributed by atoms with Gasteiger partial charge in [0.25, 0.3) is 0 Å². The fourth-order valence-electron chi connectivity index (χ4n) is 3.88. The molecule has 2 heterocycles. The summed E-state index contributed by atoms with van der Waals surface area (Å²) in [5, 5.41) is 0. The average molecular weight is 381 g/mol. The van der Waals surface area contributed by atoms with Crippen LogP contribution in [0.3, 0.4) is 0 Å². The van der Waals surface area contributed by atoms with E-state index in [2.05, 4.69) is 4.90 Å². The van der Waals surface area contributed by atoms with Gasteiger partial charge in [0.1, 0.15) is 30.2 Å². The van der Waals surface area contributed by atoms with Crippen LogP contribution < -0.4 is 9.47 Å². The van der Waals surface area contributed by atoms with Crippen LogP contribution in [-0.2, 0) is 4.79 Å². The molecule has 4 rings (SSSR count). The summed E-state index contributed by atoms with van der Waals surface area (Å²) in [7, 11) is 0. The van der Waals surface area contributed by atoms with E-state index >= 15 is 0 Å². The maximum Gasteiger partial charge on any atom is 0.127 e. The molecule has 0 aromatic heterocycles. The second-order valence-electron chi connectivity index (χ2n) is 7.22. The van der Waals surface area contributed by atoms with E-state index < -0.39 is 0 Å². The summed E-state index contributed by atoms with van der Waals surface area (Å²) in [6.07, 6.45) is 3.66. The van der Waals surface area contributed by atoms with E-state index in [-0.39, 0.29) is 5.82 Å². The van der Waals surface area contributed by atoms with Gasteiger partial charge in [-0.1, -0.05) is 12.1 Å². The third kappa shape index (κ3) is 4.09. The molecule has 0 bridgehead atoms. The molecule has 0 radical (unpaired) electrons. The predicted octanol–water partition coefficient (Wildman–Crippen LogP) is 4.08. The minimum absolute atomic E-state index is 0.247. The highest BCUT2D eigenvalue weighted by atomic mass is 19.1. The maximum absolute atomic E-state index is 13.5. The van der Waals surface area contributed by atoms with Crippen LogP contribution in [0.5, 0.6) is 11.5 Å². The molecule has 0 spiro atoms. The van der Waals surface area contributed by atoms with Gasteiger partial charge in [-0.15, -0.1) is 0 Å². The number of carbonyl (C=O) groups is 1. The van der Waals surface area contributed by atoms with Crippen molar-refractivity contribution in [3.8, 4) is 11.5 Å². The molecular weight excluding hydrogens is 357 g/mol. The molecule has 28 heavy (non-hydrogen) atoms. The number of benzene rings is 2. The Morgan fingerprint density at radius 2 is 1.89 bits per heavy atom. The highest BCUT2D eigenvalue weighted by Gasteiger charge is 2.24. The van der Waals surface area contributed by atoms with Crippen LogP contribution in [0.15, 0.2) is 48.0 Å². The summed E-state index contributed by atoms with van der Waals surface area (Å²) in [5.74, 6) is 1.25. The zero-order valence-corrected chi connectivity index (χ0v) is 15.8. The molecule has 0 atom stereocenters. The molecule has 5 heteroatoms. The molecule has 146 valence electrons. The fourth-order valence-corrected chi connectivity index (χ4v) is 3.88. The van der Waals surface area contributed by atoms with Gasteiger partial charge in [-0.3, -0.25) is 4.90 Å². The molecule has 2 aromatic rings. The van der Waals surface area contributed by atoms with E-state index in [1.807, 2.05) is 30.3 Å². The number of likely N-dealkylation sites (tertiary alicyclic amines) is 1. The van der Waals surface area contributed by atoms with Crippen LogP contribution in [0.4, 0.5) is 4.39 Å². The van der Waals surface area contributed by atoms with Crippen molar-refractivity contribution >= 4 is 11.9 Å². The number of hydrogen-bond acceptors (Lipinski definition) is 4. The molecule has 0 unspecified atom stereocenters. The smallest absolute Gasteiger partial charge is 0.127 e. The summed E-state index contributed by atoms with van der Waals surface area (Å²) >= 11 is 0. The van der Waals surface area contributed by atoms with Crippen molar-refractivity contribution in [2.45, 2.75) is 19.3 Å². The largest absolute Gasteiger partial charge is 0.493 e. The van der Waals surface area contributed by atoms with Crippen LogP contribution in [0, 0.1) is 5.82 Å². The van der Waals surface area contributed by atoms with Gasteiger partial charge in [0.05, 0.1) is 6.61 Å². The van der Waals surface area contributed by atoms with Gasteiger partial charge in [0, 0.05) is 18.5 Å². The summed E-state index contributed by atoms with van der Waals surface area (Å²) in [5.41, 5.74) is 4.22. The summed E-state index contributed by atoms with van der Waals surface area (Å²) in [4.78, 5) is 13.0. The standard InChI is InChI=1S/C23H24FNO3/c24-19-6-4-17(5-7-19)23-18(15-25-10-1-2-11-25)16-28-22-9-8-20(14-21(22)23)27-13-3-12-26/h4-9,12,14H,1-3,10-11,13,15-16H2. The Labute approximate surface area is 164 Å². The Bertz CT molecular complexity index is 870. The molecule has 2 aliphatic heterocycles. The van der Waals surface area contributed by atoms with Gasteiger partial charge < -0.3 is 14.3 Å². The minimum atomic E-state index is -0.247. The molecular formula is C23H24FNO3. The monoisotopic (exact) mass is 381 g/mol. The van der Waals surface area contributed by atoms with E-state index in [0.29, 0.717) is 25.4 Å². The molecule has 0 amide bonds. The maximum atomic E-state index is 13.5. The SMILES string of the molecule is O=CCCOc1ccc2c(c1)C(c1ccc(F)cc1)=C(CN1CCCC1)CO2. The van der Waals surface area contributed by atoms with Crippen LogP contribution in [0.25, 0.3) is 5.57 Å². The quantitative estimate of drug-likeness (QED) is 0.535. The Balaban J connectivity index is 1.73. The molecule has 4 nitrogen and oxygen atoms in total. The summed E-state index contributed by atoms with van der Waals surface area (Å²) in [6.45, 7) is 3.92. The van der Waals surface area contributed by atoms with Crippen LogP contribution in [0.1, 0.15) is 30.4 Å². The second-order valence-corrected chi connectivity index (χ2v) is 7.22. The lowest BCUT2D eigenvalue weighted by molar-refractivity contribution is -0.108. The number of carbonyl (C=O) groups excluding carboxylic acids is 1. The first kappa shape index (κ1) is 18.7. The predicted molar refractivity (Wildman–Crippen MR) is 106 cm³/mol. The van der Waals surface area contributed by atoms with E-state index in [0.717, 1.165) is 48.4 Å². The van der Waals surface area contributed by atoms with E-state index in [4.69, 9.17) is 9.47 Å². The Kier molecular flexibility index (Phi) is 5.72. The van der Waals surface area contributed by atoms with Crippen LogP contribution in [-0.4, -0.2) is 44.0 Å². The number of ether oxygens (including phenoxy) is 2. The van der Waals surface area contributed by atoms with Gasteiger partial charge in [0.15, 0.2) is 0 Å². The van der Waals surface area contributed by atoms with E-state index in [9.17, 15) is 9.18 Å². The lowest BCUT2D eigenvalue weighted by Crippen LogP contribution is -2.26. The van der Waals surface area contributed by atoms with Crippen LogP contribution in [0.2, 0.25) is 0 Å². The number of halogens is 1. The van der Waals surface area contributed by atoms with Gasteiger partial charge in [-0.25, -0.2) is 4.39 Å². The van der Waals surface area contributed by atoms with E-state index in [1.54, 1.807) is 0 Å². The van der Waals surface area contributed by atoms with Crippen molar-refractivity contribution in [2.24, 2.45) is 0 Å².